The number of alkyl halides is 4. The third-order valence-electron chi connectivity index (χ3n) is 9.49. The van der Waals surface area contributed by atoms with E-state index in [9.17, 15) is 32.3 Å². The van der Waals surface area contributed by atoms with Crippen molar-refractivity contribution in [2.24, 2.45) is 7.05 Å². The van der Waals surface area contributed by atoms with Crippen molar-refractivity contribution in [1.29, 1.82) is 0 Å². The summed E-state index contributed by atoms with van der Waals surface area (Å²) < 4.78 is 94.7. The zero-order valence-electron chi connectivity index (χ0n) is 31.6. The molecule has 306 valence electrons. The first kappa shape index (κ1) is 41.0. The highest BCUT2D eigenvalue weighted by Gasteiger charge is 2.50. The fourth-order valence-electron chi connectivity index (χ4n) is 7.22. The van der Waals surface area contributed by atoms with Gasteiger partial charge in [-0.3, -0.25) is 19.0 Å². The molecular weight excluding hydrogens is 806 g/mol. The maximum absolute atomic E-state index is 15.2. The maximum atomic E-state index is 15.2. The van der Waals surface area contributed by atoms with Crippen molar-refractivity contribution in [3.05, 3.63) is 111 Å². The van der Waals surface area contributed by atoms with E-state index in [0.717, 1.165) is 12.1 Å². The van der Waals surface area contributed by atoms with Crippen molar-refractivity contribution >= 4 is 40.1 Å². The summed E-state index contributed by atoms with van der Waals surface area (Å²) in [6, 6.07) is 8.97. The second kappa shape index (κ2) is 15.5. The van der Waals surface area contributed by atoms with E-state index >= 15 is 8.78 Å². The van der Waals surface area contributed by atoms with Gasteiger partial charge in [-0.05, 0) is 68.0 Å². The fourth-order valence-corrected chi connectivity index (χ4v) is 7.46. The van der Waals surface area contributed by atoms with E-state index in [-0.39, 0.29) is 50.9 Å². The van der Waals surface area contributed by atoms with Crippen molar-refractivity contribution in [3.63, 3.8) is 0 Å². The predicted octanol–water partition coefficient (Wildman–Crippen LogP) is 7.76. The van der Waals surface area contributed by atoms with Crippen LogP contribution in [0.1, 0.15) is 90.0 Å². The average Bonchev–Trinajstić information content (AvgIpc) is 3.92. The minimum absolute atomic E-state index is 0.0408. The van der Waals surface area contributed by atoms with Gasteiger partial charge >= 0.3 is 0 Å². The Morgan fingerprint density at radius 3 is 2.44 bits per heavy atom. The summed E-state index contributed by atoms with van der Waals surface area (Å²) >= 11 is 6.69. The molecule has 3 N–H and O–H groups in total. The molecule has 59 heavy (non-hydrogen) atoms. The number of aliphatic hydroxyl groups is 1. The molecule has 2 atom stereocenters. The Morgan fingerprint density at radius 2 is 1.78 bits per heavy atom. The molecule has 0 radical (unpaired) electrons. The number of pyridine rings is 1. The fraction of sp³-hybridized carbons (Fsp3) is 0.300. The largest absolute Gasteiger partial charge is 0.378 e. The number of rotatable bonds is 10. The van der Waals surface area contributed by atoms with Gasteiger partial charge in [-0.15, -0.1) is 0 Å². The number of carbonyl (C=O) groups excluding carboxylic acids is 2. The van der Waals surface area contributed by atoms with Crippen LogP contribution >= 0.6 is 11.6 Å². The maximum Gasteiger partial charge on any atom is 0.295 e. The Hall–Kier alpha value is -6.19. The van der Waals surface area contributed by atoms with E-state index in [4.69, 9.17) is 21.1 Å². The minimum atomic E-state index is -3.56. The average molecular weight is 839 g/mol. The molecule has 12 nitrogen and oxygen atoms in total. The van der Waals surface area contributed by atoms with Crippen LogP contribution in [0.15, 0.2) is 59.3 Å². The van der Waals surface area contributed by atoms with Crippen molar-refractivity contribution in [3.8, 4) is 23.0 Å². The summed E-state index contributed by atoms with van der Waals surface area (Å²) in [5.41, 5.74) is -2.23. The summed E-state index contributed by atoms with van der Waals surface area (Å²) in [5.74, 6) is -2.68. The van der Waals surface area contributed by atoms with Gasteiger partial charge < -0.3 is 20.3 Å². The monoisotopic (exact) mass is 838 g/mol. The summed E-state index contributed by atoms with van der Waals surface area (Å²) in [6.45, 7) is 3.33. The lowest BCUT2D eigenvalue weighted by atomic mass is 9.93. The highest BCUT2D eigenvalue weighted by molar-refractivity contribution is 6.37. The van der Waals surface area contributed by atoms with E-state index in [1.165, 1.54) is 49.8 Å². The Kier molecular flexibility index (Phi) is 10.8. The summed E-state index contributed by atoms with van der Waals surface area (Å²) in [5, 5.41) is 27.9. The smallest absolute Gasteiger partial charge is 0.295 e. The van der Waals surface area contributed by atoms with Gasteiger partial charge in [0.1, 0.15) is 40.9 Å². The number of anilines is 1. The van der Waals surface area contributed by atoms with Crippen LogP contribution in [0.3, 0.4) is 0 Å². The Labute approximate surface area is 336 Å². The molecule has 7 rings (SSSR count). The predicted molar refractivity (Wildman–Crippen MR) is 202 cm³/mol. The molecule has 0 fully saturated rings. The summed E-state index contributed by atoms with van der Waals surface area (Å²) in [4.78, 5) is 31.7. The highest BCUT2D eigenvalue weighted by atomic mass is 35.5. The van der Waals surface area contributed by atoms with Crippen LogP contribution < -0.4 is 10.6 Å². The van der Waals surface area contributed by atoms with Crippen LogP contribution in [0, 0.1) is 23.5 Å². The number of amides is 2. The normalized spacial score (nSPS) is 15.2. The topological polar surface area (TPSA) is 153 Å². The molecule has 0 saturated heterocycles. The molecule has 0 spiro atoms. The molecule has 1 aliphatic rings. The van der Waals surface area contributed by atoms with Crippen LogP contribution in [-0.2, 0) is 30.7 Å². The van der Waals surface area contributed by atoms with Crippen LogP contribution in [0.25, 0.3) is 22.0 Å². The Bertz CT molecular complexity index is 2660. The number of hydrogen-bond donors (Lipinski definition) is 3. The number of hydrogen-bond acceptors (Lipinski definition) is 8. The first-order valence-electron chi connectivity index (χ1n) is 17.9. The lowest BCUT2D eigenvalue weighted by Gasteiger charge is -2.23. The van der Waals surface area contributed by atoms with Gasteiger partial charge in [-0.2, -0.15) is 19.0 Å². The molecule has 4 aromatic heterocycles. The number of fused-ring (bicyclic) bond motifs is 2. The van der Waals surface area contributed by atoms with Crippen LogP contribution in [0.2, 0.25) is 5.02 Å². The van der Waals surface area contributed by atoms with Crippen LogP contribution in [0.4, 0.5) is 32.2 Å². The Morgan fingerprint density at radius 1 is 1.07 bits per heavy atom. The number of nitrogens with one attached hydrogen (secondary N) is 2. The lowest BCUT2D eigenvalue weighted by Crippen LogP contribution is -2.35. The first-order chi connectivity index (χ1) is 27.8. The third kappa shape index (κ3) is 8.39. The lowest BCUT2D eigenvalue weighted by molar-refractivity contribution is -0.122. The third-order valence-corrected chi connectivity index (χ3v) is 9.80. The number of halogens is 7. The second-order valence-electron chi connectivity index (χ2n) is 14.6. The van der Waals surface area contributed by atoms with Crippen molar-refractivity contribution < 1.29 is 45.6 Å². The molecule has 0 aliphatic heterocycles. The molecule has 0 unspecified atom stereocenters. The van der Waals surface area contributed by atoms with E-state index < -0.39 is 77.7 Å². The van der Waals surface area contributed by atoms with Gasteiger partial charge in [0.25, 0.3) is 18.3 Å². The van der Waals surface area contributed by atoms with Gasteiger partial charge in [0.2, 0.25) is 11.7 Å². The number of benzene rings is 2. The number of aromatic nitrogens is 6. The Balaban J connectivity index is 1.38. The van der Waals surface area contributed by atoms with Gasteiger partial charge in [0.05, 0.1) is 33.9 Å². The van der Waals surface area contributed by atoms with E-state index in [2.05, 4.69) is 37.8 Å². The molecule has 0 saturated carbocycles. The van der Waals surface area contributed by atoms with E-state index in [0.29, 0.717) is 27.4 Å². The highest BCUT2D eigenvalue weighted by Crippen LogP contribution is 2.51. The number of nitrogens with zero attached hydrogens (tertiary/aromatic N) is 6. The van der Waals surface area contributed by atoms with Gasteiger partial charge in [0, 0.05) is 42.3 Å². The van der Waals surface area contributed by atoms with Crippen LogP contribution in [-0.4, -0.2) is 52.2 Å². The summed E-state index contributed by atoms with van der Waals surface area (Å²) in [6.07, 6.45) is -3.00. The standard InChI is InChI=1S/C40H33ClF6N8O4/c1-19-17-40(46,47)35-30(19)33(36(44)45)52-55(35)18-29(56)50-27(15-20-13-21(42)16-22(43)14-20)32-24(6-5-23(49-32)9-11-39(2,3)58)25-7-8-26(41)31-34(25)54(4)53-37(31)51-38(57)28-10-12-48-59-28/h5-8,10,12-14,16,19,27,36,58H,15,17-18H2,1-4H3,(H,50,56)(H,51,53,57)/t19-,27-/m0/s1. The molecule has 4 heterocycles. The molecule has 2 amide bonds. The molecule has 19 heteroatoms. The van der Waals surface area contributed by atoms with E-state index in [1.807, 2.05) is 0 Å². The summed E-state index contributed by atoms with van der Waals surface area (Å²) in [7, 11) is 1.57. The van der Waals surface area contributed by atoms with Crippen molar-refractivity contribution in [2.45, 2.75) is 70.1 Å². The minimum Gasteiger partial charge on any atom is -0.378 e. The van der Waals surface area contributed by atoms with Crippen molar-refractivity contribution in [2.75, 3.05) is 5.32 Å². The van der Waals surface area contributed by atoms with Gasteiger partial charge in [-0.1, -0.05) is 35.7 Å². The van der Waals surface area contributed by atoms with E-state index in [1.54, 1.807) is 19.2 Å². The first-order valence-corrected chi connectivity index (χ1v) is 18.3. The number of carbonyl (C=O) groups is 2. The van der Waals surface area contributed by atoms with Gasteiger partial charge in [0.15, 0.2) is 5.82 Å². The second-order valence-corrected chi connectivity index (χ2v) is 15.0. The molecular formula is C40H33ClF6N8O4. The van der Waals surface area contributed by atoms with Crippen molar-refractivity contribution in [1.82, 2.24) is 35.0 Å². The van der Waals surface area contributed by atoms with Gasteiger partial charge in [-0.25, -0.2) is 22.5 Å². The molecule has 6 aromatic rings. The molecule has 2 aromatic carbocycles. The molecule has 0 bridgehead atoms. The zero-order valence-corrected chi connectivity index (χ0v) is 32.3. The van der Waals surface area contributed by atoms with Crippen LogP contribution in [0.5, 0.6) is 0 Å². The molecule has 1 aliphatic carbocycles. The zero-order chi connectivity index (χ0) is 42.6. The quantitative estimate of drug-likeness (QED) is 0.0936. The number of aryl methyl sites for hydroxylation is 1. The SMILES string of the molecule is C[C@H]1CC(F)(F)c2c1c(C(F)F)nn2CC(=O)N[C@@H](Cc1cc(F)cc(F)c1)c1nc(C#CC(C)(C)O)ccc1-c1ccc(Cl)c2c(NC(=O)c3ccno3)nn(C)c12.